The van der Waals surface area contributed by atoms with E-state index in [0.717, 1.165) is 16.7 Å². The maximum absolute atomic E-state index is 9.53. The minimum absolute atomic E-state index is 0.138. The second-order valence-corrected chi connectivity index (χ2v) is 5.59. The van der Waals surface area contributed by atoms with Crippen LogP contribution in [-0.4, -0.2) is 11.2 Å². The number of benzene rings is 1. The number of rotatable bonds is 3. The van der Waals surface area contributed by atoms with Crippen molar-refractivity contribution in [2.24, 2.45) is 0 Å². The fraction of sp³-hybridized carbons (Fsp3) is 0.467. The summed E-state index contributed by atoms with van der Waals surface area (Å²) in [4.78, 5) is 0. The molecule has 92 valence electrons. The fourth-order valence-corrected chi connectivity index (χ4v) is 2.34. The molecule has 1 heterocycles. The van der Waals surface area contributed by atoms with Crippen LogP contribution < -0.4 is 0 Å². The summed E-state index contributed by atoms with van der Waals surface area (Å²) in [6, 6.07) is 8.27. The lowest BCUT2D eigenvalue weighted by atomic mass is 9.84. The van der Waals surface area contributed by atoms with Gasteiger partial charge in [0.2, 0.25) is 0 Å². The van der Waals surface area contributed by atoms with Crippen LogP contribution in [0.5, 0.6) is 0 Å². The molecule has 1 atom stereocenters. The summed E-state index contributed by atoms with van der Waals surface area (Å²) in [6.45, 7) is 8.09. The van der Waals surface area contributed by atoms with Gasteiger partial charge in [-0.3, -0.25) is 0 Å². The molecule has 0 aliphatic rings. The first-order chi connectivity index (χ1) is 7.88. The van der Waals surface area contributed by atoms with E-state index < -0.39 is 0 Å². The summed E-state index contributed by atoms with van der Waals surface area (Å²) in [6.07, 6.45) is 0.381. The van der Waals surface area contributed by atoms with Crippen molar-refractivity contribution in [2.45, 2.75) is 45.6 Å². The molecule has 2 aromatic rings. The van der Waals surface area contributed by atoms with Gasteiger partial charge >= 0.3 is 0 Å². The van der Waals surface area contributed by atoms with Gasteiger partial charge in [-0.25, -0.2) is 0 Å². The van der Waals surface area contributed by atoms with Crippen LogP contribution in [0.3, 0.4) is 0 Å². The molecule has 0 aliphatic heterocycles. The first kappa shape index (κ1) is 12.2. The summed E-state index contributed by atoms with van der Waals surface area (Å²) < 4.78 is 5.88. The van der Waals surface area contributed by atoms with Crippen LogP contribution in [0.15, 0.2) is 28.7 Å². The smallest absolute Gasteiger partial charge is 0.134 e. The molecule has 0 spiro atoms. The topological polar surface area (TPSA) is 33.4 Å². The van der Waals surface area contributed by atoms with Gasteiger partial charge in [0.15, 0.2) is 0 Å². The van der Waals surface area contributed by atoms with Crippen molar-refractivity contribution in [1.29, 1.82) is 0 Å². The SMILES string of the molecule is Cc1ccc2oc(C(C)(C)CC(C)O)cc2c1. The number of aliphatic hydroxyl groups excluding tert-OH is 1. The Morgan fingerprint density at radius 2 is 2.00 bits per heavy atom. The summed E-state index contributed by atoms with van der Waals surface area (Å²) in [5, 5.41) is 10.7. The molecule has 1 aromatic carbocycles. The van der Waals surface area contributed by atoms with E-state index in [1.165, 1.54) is 5.56 Å². The van der Waals surface area contributed by atoms with Gasteiger partial charge in [0.25, 0.3) is 0 Å². The Labute approximate surface area is 102 Å². The Kier molecular flexibility index (Phi) is 3.00. The molecule has 1 aromatic heterocycles. The van der Waals surface area contributed by atoms with Crippen molar-refractivity contribution in [3.8, 4) is 0 Å². The first-order valence-electron chi connectivity index (χ1n) is 6.07. The Morgan fingerprint density at radius 3 is 2.65 bits per heavy atom. The van der Waals surface area contributed by atoms with Gasteiger partial charge in [0.05, 0.1) is 6.10 Å². The van der Waals surface area contributed by atoms with Crippen molar-refractivity contribution in [1.82, 2.24) is 0 Å². The third-order valence-electron chi connectivity index (χ3n) is 3.14. The van der Waals surface area contributed by atoms with Crippen LogP contribution in [0.4, 0.5) is 0 Å². The second-order valence-electron chi connectivity index (χ2n) is 5.59. The Bertz CT molecular complexity index is 521. The number of hydrogen-bond acceptors (Lipinski definition) is 2. The number of hydrogen-bond donors (Lipinski definition) is 1. The molecule has 1 unspecified atom stereocenters. The van der Waals surface area contributed by atoms with Gasteiger partial charge in [0, 0.05) is 10.8 Å². The number of aryl methyl sites for hydroxylation is 1. The van der Waals surface area contributed by atoms with E-state index in [0.29, 0.717) is 6.42 Å². The predicted molar refractivity (Wildman–Crippen MR) is 70.3 cm³/mol. The van der Waals surface area contributed by atoms with Crippen molar-refractivity contribution in [3.05, 3.63) is 35.6 Å². The van der Waals surface area contributed by atoms with Crippen LogP contribution in [0.25, 0.3) is 11.0 Å². The van der Waals surface area contributed by atoms with Crippen molar-refractivity contribution < 1.29 is 9.52 Å². The van der Waals surface area contributed by atoms with Crippen LogP contribution in [-0.2, 0) is 5.41 Å². The zero-order valence-corrected chi connectivity index (χ0v) is 10.9. The van der Waals surface area contributed by atoms with Gasteiger partial charge < -0.3 is 9.52 Å². The van der Waals surface area contributed by atoms with Gasteiger partial charge in [-0.05, 0) is 38.5 Å². The van der Waals surface area contributed by atoms with Crippen molar-refractivity contribution in [3.63, 3.8) is 0 Å². The molecule has 0 saturated carbocycles. The summed E-state index contributed by atoms with van der Waals surface area (Å²) >= 11 is 0. The molecule has 0 saturated heterocycles. The number of fused-ring (bicyclic) bond motifs is 1. The summed E-state index contributed by atoms with van der Waals surface area (Å²) in [5.74, 6) is 0.944. The number of aliphatic hydroxyl groups is 1. The third kappa shape index (κ3) is 2.52. The summed E-state index contributed by atoms with van der Waals surface area (Å²) in [5.41, 5.74) is 2.02. The van der Waals surface area contributed by atoms with E-state index in [9.17, 15) is 5.11 Å². The lowest BCUT2D eigenvalue weighted by Gasteiger charge is -2.23. The zero-order chi connectivity index (χ0) is 12.6. The lowest BCUT2D eigenvalue weighted by molar-refractivity contribution is 0.150. The van der Waals surface area contributed by atoms with Crippen LogP contribution in [0, 0.1) is 6.92 Å². The quantitative estimate of drug-likeness (QED) is 0.873. The van der Waals surface area contributed by atoms with Gasteiger partial charge in [-0.15, -0.1) is 0 Å². The van der Waals surface area contributed by atoms with E-state index in [-0.39, 0.29) is 11.5 Å². The third-order valence-corrected chi connectivity index (χ3v) is 3.14. The normalized spacial score (nSPS) is 14.2. The van der Waals surface area contributed by atoms with E-state index in [4.69, 9.17) is 4.42 Å². The monoisotopic (exact) mass is 232 g/mol. The molecule has 2 rings (SSSR count). The summed E-state index contributed by atoms with van der Waals surface area (Å²) in [7, 11) is 0. The van der Waals surface area contributed by atoms with Crippen LogP contribution in [0.1, 0.15) is 38.5 Å². The van der Waals surface area contributed by atoms with Crippen LogP contribution in [0.2, 0.25) is 0 Å². The minimum Gasteiger partial charge on any atom is -0.461 e. The number of furan rings is 1. The highest BCUT2D eigenvalue weighted by Crippen LogP contribution is 2.33. The molecule has 0 bridgehead atoms. The average Bonchev–Trinajstić information content (AvgIpc) is 2.58. The predicted octanol–water partition coefficient (Wildman–Crippen LogP) is 3.79. The van der Waals surface area contributed by atoms with Gasteiger partial charge in [-0.2, -0.15) is 0 Å². The van der Waals surface area contributed by atoms with E-state index in [1.807, 2.05) is 13.0 Å². The molecular weight excluding hydrogens is 212 g/mol. The minimum atomic E-state index is -0.319. The molecule has 0 radical (unpaired) electrons. The highest BCUT2D eigenvalue weighted by molar-refractivity contribution is 5.78. The molecule has 1 N–H and O–H groups in total. The second kappa shape index (κ2) is 4.19. The lowest BCUT2D eigenvalue weighted by Crippen LogP contribution is -2.22. The van der Waals surface area contributed by atoms with Crippen molar-refractivity contribution in [2.75, 3.05) is 0 Å². The van der Waals surface area contributed by atoms with E-state index in [1.54, 1.807) is 0 Å². The Hall–Kier alpha value is -1.28. The maximum Gasteiger partial charge on any atom is 0.134 e. The average molecular weight is 232 g/mol. The Morgan fingerprint density at radius 1 is 1.29 bits per heavy atom. The Balaban J connectivity index is 2.42. The highest BCUT2D eigenvalue weighted by Gasteiger charge is 2.26. The molecule has 2 heteroatoms. The van der Waals surface area contributed by atoms with Crippen LogP contribution >= 0.6 is 0 Å². The van der Waals surface area contributed by atoms with Gasteiger partial charge in [-0.1, -0.05) is 25.5 Å². The molecule has 0 fully saturated rings. The van der Waals surface area contributed by atoms with E-state index >= 15 is 0 Å². The van der Waals surface area contributed by atoms with Crippen molar-refractivity contribution >= 4 is 11.0 Å². The molecular formula is C15H20O2. The maximum atomic E-state index is 9.53. The zero-order valence-electron chi connectivity index (χ0n) is 10.9. The van der Waals surface area contributed by atoms with Gasteiger partial charge in [0.1, 0.15) is 11.3 Å². The van der Waals surface area contributed by atoms with E-state index in [2.05, 4.69) is 39.0 Å². The standard InChI is InChI=1S/C15H20O2/c1-10-5-6-13-12(7-10)8-14(17-13)15(3,4)9-11(2)16/h5-8,11,16H,9H2,1-4H3. The largest absolute Gasteiger partial charge is 0.461 e. The highest BCUT2D eigenvalue weighted by atomic mass is 16.3. The molecule has 0 amide bonds. The first-order valence-corrected chi connectivity index (χ1v) is 6.07. The fourth-order valence-electron chi connectivity index (χ4n) is 2.34. The molecule has 17 heavy (non-hydrogen) atoms. The molecule has 0 aliphatic carbocycles. The molecule has 2 nitrogen and oxygen atoms in total.